The molecule has 34 heavy (non-hydrogen) atoms. The van der Waals surface area contributed by atoms with Gasteiger partial charge < -0.3 is 10.1 Å². The summed E-state index contributed by atoms with van der Waals surface area (Å²) < 4.78 is 5.12. The van der Waals surface area contributed by atoms with Crippen LogP contribution in [0.15, 0.2) is 60.2 Å². The first kappa shape index (κ1) is 22.1. The number of carbonyl (C=O) groups excluding carboxylic acids is 4. The summed E-state index contributed by atoms with van der Waals surface area (Å²) in [6, 6.07) is 13.6. The lowest BCUT2D eigenvalue weighted by molar-refractivity contribution is -0.123. The third kappa shape index (κ3) is 3.71. The van der Waals surface area contributed by atoms with Gasteiger partial charge in [-0.15, -0.1) is 0 Å². The van der Waals surface area contributed by atoms with Crippen LogP contribution >= 0.6 is 0 Å². The predicted octanol–water partition coefficient (Wildman–Crippen LogP) is 3.75. The number of imide groups is 1. The molecule has 1 saturated carbocycles. The molecule has 2 aromatic rings. The van der Waals surface area contributed by atoms with E-state index in [-0.39, 0.29) is 41.0 Å². The zero-order valence-corrected chi connectivity index (χ0v) is 19.1. The summed E-state index contributed by atoms with van der Waals surface area (Å²) in [6.45, 7) is 3.66. The number of nitrogens with one attached hydrogen (secondary N) is 1. The summed E-state index contributed by atoms with van der Waals surface area (Å²) in [4.78, 5) is 51.8. The number of hydrogen-bond donors (Lipinski definition) is 1. The van der Waals surface area contributed by atoms with E-state index in [1.165, 1.54) is 22.6 Å². The summed E-state index contributed by atoms with van der Waals surface area (Å²) in [5.74, 6) is -1.67. The second-order valence-electron chi connectivity index (χ2n) is 9.20. The monoisotopic (exact) mass is 458 g/mol. The molecule has 7 heteroatoms. The van der Waals surface area contributed by atoms with E-state index in [0.717, 1.165) is 18.4 Å². The Morgan fingerprint density at radius 1 is 1.00 bits per heavy atom. The second-order valence-corrected chi connectivity index (χ2v) is 9.20. The average Bonchev–Trinajstić information content (AvgIpc) is 3.48. The molecule has 2 aromatic carbocycles. The Kier molecular flexibility index (Phi) is 5.55. The highest BCUT2D eigenvalue weighted by molar-refractivity contribution is 6.23. The van der Waals surface area contributed by atoms with E-state index in [2.05, 4.69) is 11.4 Å². The van der Waals surface area contributed by atoms with Crippen molar-refractivity contribution in [3.63, 3.8) is 0 Å². The maximum Gasteiger partial charge on any atom is 0.338 e. The first-order valence-electron chi connectivity index (χ1n) is 11.6. The maximum atomic E-state index is 13.1. The van der Waals surface area contributed by atoms with Crippen molar-refractivity contribution in [2.24, 2.45) is 23.7 Å². The molecule has 3 amide bonds. The standard InChI is InChI=1S/C27H26N2O5/c1-3-16-4-8-19(9-5-16)28-22(30)14-34-27(33)17-6-10-20(11-7-17)29-25(31)23-18-12-15(2)21(13-18)24(23)26(29)32/h4-12,18,21,23-24H,3,13-14H2,1-2H3,(H,28,30)/t18-,21+,23+,24-/m0/s1. The number of nitrogens with zero attached hydrogens (tertiary/aromatic N) is 1. The van der Waals surface area contributed by atoms with Crippen LogP contribution in [0, 0.1) is 23.7 Å². The first-order chi connectivity index (χ1) is 16.4. The number of hydrogen-bond acceptors (Lipinski definition) is 5. The molecule has 2 bridgehead atoms. The SMILES string of the molecule is CCc1ccc(NC(=O)COC(=O)c2ccc(N3C(=O)[C@@H]4[C@H](C3=O)[C@H]3C=C(C)[C@H]4C3)cc2)cc1. The molecule has 1 heterocycles. The number of allylic oxidation sites excluding steroid dienone is 2. The van der Waals surface area contributed by atoms with Crippen molar-refractivity contribution >= 4 is 35.1 Å². The first-order valence-corrected chi connectivity index (χ1v) is 11.6. The normalized spacial score (nSPS) is 24.8. The molecule has 2 fully saturated rings. The van der Waals surface area contributed by atoms with E-state index in [0.29, 0.717) is 11.4 Å². The molecule has 0 unspecified atom stereocenters. The van der Waals surface area contributed by atoms with Crippen LogP contribution in [0.25, 0.3) is 0 Å². The van der Waals surface area contributed by atoms with Crippen LogP contribution in [-0.4, -0.2) is 30.3 Å². The van der Waals surface area contributed by atoms with Crippen LogP contribution in [0.2, 0.25) is 0 Å². The molecule has 7 nitrogen and oxygen atoms in total. The number of aryl methyl sites for hydroxylation is 1. The Bertz CT molecular complexity index is 1200. The molecule has 1 N–H and O–H groups in total. The maximum absolute atomic E-state index is 13.1. The minimum absolute atomic E-state index is 0.140. The zero-order chi connectivity index (χ0) is 24.0. The highest BCUT2D eigenvalue weighted by atomic mass is 16.5. The number of ether oxygens (including phenoxy) is 1. The van der Waals surface area contributed by atoms with Crippen molar-refractivity contribution in [3.05, 3.63) is 71.3 Å². The molecule has 5 rings (SSSR count). The van der Waals surface area contributed by atoms with Crippen LogP contribution in [0.1, 0.15) is 36.2 Å². The van der Waals surface area contributed by atoms with Gasteiger partial charge in [-0.1, -0.05) is 30.7 Å². The quantitative estimate of drug-likeness (QED) is 0.404. The van der Waals surface area contributed by atoms with Gasteiger partial charge in [0.25, 0.3) is 5.91 Å². The van der Waals surface area contributed by atoms with Gasteiger partial charge in [0, 0.05) is 5.69 Å². The number of benzene rings is 2. The fraction of sp³-hybridized carbons (Fsp3) is 0.333. The number of esters is 1. The van der Waals surface area contributed by atoms with Gasteiger partial charge in [-0.05, 0) is 73.6 Å². The van der Waals surface area contributed by atoms with Gasteiger partial charge >= 0.3 is 5.97 Å². The summed E-state index contributed by atoms with van der Waals surface area (Å²) >= 11 is 0. The van der Waals surface area contributed by atoms with Crippen molar-refractivity contribution in [2.75, 3.05) is 16.8 Å². The number of anilines is 2. The van der Waals surface area contributed by atoms with Gasteiger partial charge in [0.15, 0.2) is 6.61 Å². The number of carbonyl (C=O) groups is 4. The fourth-order valence-electron chi connectivity index (χ4n) is 5.51. The van der Waals surface area contributed by atoms with E-state index in [1.807, 2.05) is 26.0 Å². The molecular formula is C27H26N2O5. The van der Waals surface area contributed by atoms with E-state index >= 15 is 0 Å². The van der Waals surface area contributed by atoms with Crippen LogP contribution in [0.4, 0.5) is 11.4 Å². The molecule has 3 aliphatic rings. The highest BCUT2D eigenvalue weighted by Gasteiger charge is 2.60. The van der Waals surface area contributed by atoms with Crippen LogP contribution < -0.4 is 10.2 Å². The number of rotatable bonds is 6. The van der Waals surface area contributed by atoms with E-state index in [1.54, 1.807) is 24.3 Å². The number of fused-ring (bicyclic) bond motifs is 5. The summed E-state index contributed by atoms with van der Waals surface area (Å²) in [5.41, 5.74) is 3.68. The summed E-state index contributed by atoms with van der Waals surface area (Å²) in [5, 5.41) is 2.69. The van der Waals surface area contributed by atoms with E-state index in [4.69, 9.17) is 4.74 Å². The largest absolute Gasteiger partial charge is 0.452 e. The second kappa shape index (κ2) is 8.56. The van der Waals surface area contributed by atoms with Crippen molar-refractivity contribution in [2.45, 2.75) is 26.7 Å². The lowest BCUT2D eigenvalue weighted by Crippen LogP contribution is -2.33. The smallest absolute Gasteiger partial charge is 0.338 e. The highest BCUT2D eigenvalue weighted by Crippen LogP contribution is 2.55. The molecule has 174 valence electrons. The topological polar surface area (TPSA) is 92.8 Å². The Hall–Kier alpha value is -3.74. The van der Waals surface area contributed by atoms with Crippen molar-refractivity contribution in [1.82, 2.24) is 0 Å². The van der Waals surface area contributed by atoms with Crippen LogP contribution in [0.5, 0.6) is 0 Å². The van der Waals surface area contributed by atoms with E-state index < -0.39 is 18.5 Å². The Morgan fingerprint density at radius 2 is 1.68 bits per heavy atom. The van der Waals surface area contributed by atoms with Gasteiger partial charge in [0.1, 0.15) is 0 Å². The van der Waals surface area contributed by atoms with Crippen molar-refractivity contribution < 1.29 is 23.9 Å². The third-order valence-corrected chi connectivity index (χ3v) is 7.22. The minimum atomic E-state index is -0.656. The minimum Gasteiger partial charge on any atom is -0.452 e. The van der Waals surface area contributed by atoms with Gasteiger partial charge in [0.2, 0.25) is 11.8 Å². The molecule has 0 spiro atoms. The average molecular weight is 459 g/mol. The van der Waals surface area contributed by atoms with Crippen LogP contribution in [-0.2, 0) is 25.5 Å². The molecular weight excluding hydrogens is 432 g/mol. The lowest BCUT2D eigenvalue weighted by Gasteiger charge is -2.19. The summed E-state index contributed by atoms with van der Waals surface area (Å²) in [6.07, 6.45) is 3.93. The van der Waals surface area contributed by atoms with E-state index in [9.17, 15) is 19.2 Å². The lowest BCUT2D eigenvalue weighted by atomic mass is 9.82. The summed E-state index contributed by atoms with van der Waals surface area (Å²) in [7, 11) is 0. The molecule has 0 radical (unpaired) electrons. The Balaban J connectivity index is 1.19. The van der Waals surface area contributed by atoms with Crippen molar-refractivity contribution in [1.29, 1.82) is 0 Å². The molecule has 0 aromatic heterocycles. The molecule has 1 saturated heterocycles. The Morgan fingerprint density at radius 3 is 2.35 bits per heavy atom. The van der Waals surface area contributed by atoms with Crippen molar-refractivity contribution in [3.8, 4) is 0 Å². The zero-order valence-electron chi connectivity index (χ0n) is 19.1. The van der Waals surface area contributed by atoms with Gasteiger partial charge in [-0.25, -0.2) is 4.79 Å². The van der Waals surface area contributed by atoms with Gasteiger partial charge in [-0.3, -0.25) is 19.3 Å². The third-order valence-electron chi connectivity index (χ3n) is 7.22. The predicted molar refractivity (Wildman–Crippen MR) is 126 cm³/mol. The van der Waals surface area contributed by atoms with Gasteiger partial charge in [0.05, 0.1) is 23.1 Å². The van der Waals surface area contributed by atoms with Gasteiger partial charge in [-0.2, -0.15) is 0 Å². The number of amides is 3. The van der Waals surface area contributed by atoms with Crippen LogP contribution in [0.3, 0.4) is 0 Å². The molecule has 2 aliphatic carbocycles. The molecule has 4 atom stereocenters. The Labute approximate surface area is 197 Å². The fourth-order valence-corrected chi connectivity index (χ4v) is 5.51. The molecule has 1 aliphatic heterocycles.